The second-order valence-electron chi connectivity index (χ2n) is 5.32. The van der Waals surface area contributed by atoms with E-state index in [0.717, 1.165) is 32.4 Å². The zero-order valence-corrected chi connectivity index (χ0v) is 11.2. The van der Waals surface area contributed by atoms with E-state index < -0.39 is 30.4 Å². The van der Waals surface area contributed by atoms with Gasteiger partial charge in [0.15, 0.2) is 0 Å². The maximum atomic E-state index is 11.8. The van der Waals surface area contributed by atoms with Crippen LogP contribution in [0.4, 0.5) is 4.79 Å². The molecule has 3 amide bonds. The molecule has 5 N–H and O–H groups in total. The maximum Gasteiger partial charge on any atom is 0.326 e. The number of hydrogen-bond acceptors (Lipinski definition) is 4. The van der Waals surface area contributed by atoms with Crippen molar-refractivity contribution in [1.82, 2.24) is 15.5 Å². The van der Waals surface area contributed by atoms with Crippen LogP contribution in [0, 0.1) is 0 Å². The number of primary amides is 1. The molecule has 0 spiro atoms. The van der Waals surface area contributed by atoms with Crippen molar-refractivity contribution in [2.45, 2.75) is 43.8 Å². The zero-order chi connectivity index (χ0) is 14.7. The lowest BCUT2D eigenvalue weighted by atomic mass is 10.1. The van der Waals surface area contributed by atoms with Crippen LogP contribution in [-0.4, -0.2) is 59.1 Å². The lowest BCUT2D eigenvalue weighted by molar-refractivity contribution is -0.140. The van der Waals surface area contributed by atoms with Gasteiger partial charge in [0.2, 0.25) is 5.91 Å². The van der Waals surface area contributed by atoms with E-state index in [1.165, 1.54) is 0 Å². The third-order valence-corrected chi connectivity index (χ3v) is 3.93. The van der Waals surface area contributed by atoms with E-state index in [0.29, 0.717) is 6.04 Å². The Labute approximate surface area is 116 Å². The molecule has 8 nitrogen and oxygen atoms in total. The SMILES string of the molecule is NC(=O)C[C@H](NC(=O)NC1CCN2CCCC12)C(=O)O. The average Bonchev–Trinajstić information content (AvgIpc) is 2.92. The van der Waals surface area contributed by atoms with Gasteiger partial charge in [-0.3, -0.25) is 9.69 Å². The number of amides is 3. The summed E-state index contributed by atoms with van der Waals surface area (Å²) >= 11 is 0. The molecule has 3 atom stereocenters. The van der Waals surface area contributed by atoms with Crippen LogP contribution >= 0.6 is 0 Å². The second kappa shape index (κ2) is 6.08. The van der Waals surface area contributed by atoms with Crippen LogP contribution < -0.4 is 16.4 Å². The fourth-order valence-corrected chi connectivity index (χ4v) is 3.02. The van der Waals surface area contributed by atoms with Gasteiger partial charge in [0, 0.05) is 18.6 Å². The van der Waals surface area contributed by atoms with Gasteiger partial charge in [0.25, 0.3) is 0 Å². The minimum absolute atomic E-state index is 0.0422. The molecule has 0 radical (unpaired) electrons. The highest BCUT2D eigenvalue weighted by Crippen LogP contribution is 2.27. The van der Waals surface area contributed by atoms with Gasteiger partial charge in [-0.25, -0.2) is 9.59 Å². The number of urea groups is 1. The van der Waals surface area contributed by atoms with Crippen LogP contribution in [0.1, 0.15) is 25.7 Å². The number of nitrogens with two attached hydrogens (primary N) is 1. The van der Waals surface area contributed by atoms with Crippen molar-refractivity contribution in [2.75, 3.05) is 13.1 Å². The van der Waals surface area contributed by atoms with Crippen molar-refractivity contribution in [2.24, 2.45) is 5.73 Å². The number of nitrogens with zero attached hydrogens (tertiary/aromatic N) is 1. The highest BCUT2D eigenvalue weighted by Gasteiger charge is 2.38. The highest BCUT2D eigenvalue weighted by molar-refractivity contribution is 5.87. The molecule has 0 bridgehead atoms. The molecule has 20 heavy (non-hydrogen) atoms. The molecule has 0 aromatic heterocycles. The Balaban J connectivity index is 1.85. The molecular weight excluding hydrogens is 264 g/mol. The zero-order valence-electron chi connectivity index (χ0n) is 11.2. The first kappa shape index (κ1) is 14.6. The summed E-state index contributed by atoms with van der Waals surface area (Å²) in [5.41, 5.74) is 4.96. The molecule has 2 aliphatic heterocycles. The third kappa shape index (κ3) is 3.38. The highest BCUT2D eigenvalue weighted by atomic mass is 16.4. The molecule has 0 aromatic carbocycles. The summed E-state index contributed by atoms with van der Waals surface area (Å²) in [4.78, 5) is 35.9. The lowest BCUT2D eigenvalue weighted by Gasteiger charge is -2.22. The van der Waals surface area contributed by atoms with Crippen LogP contribution in [0.3, 0.4) is 0 Å². The molecule has 0 saturated carbocycles. The van der Waals surface area contributed by atoms with Crippen molar-refractivity contribution < 1.29 is 19.5 Å². The Morgan fingerprint density at radius 2 is 2.05 bits per heavy atom. The summed E-state index contributed by atoms with van der Waals surface area (Å²) in [6, 6.07) is -1.45. The Morgan fingerprint density at radius 3 is 2.70 bits per heavy atom. The van der Waals surface area contributed by atoms with Crippen molar-refractivity contribution in [3.63, 3.8) is 0 Å². The van der Waals surface area contributed by atoms with Crippen molar-refractivity contribution in [3.05, 3.63) is 0 Å². The van der Waals surface area contributed by atoms with E-state index >= 15 is 0 Å². The Kier molecular flexibility index (Phi) is 4.43. The fraction of sp³-hybridized carbons (Fsp3) is 0.750. The normalized spacial score (nSPS) is 26.8. The minimum atomic E-state index is -1.28. The average molecular weight is 284 g/mol. The van der Waals surface area contributed by atoms with Crippen LogP contribution in [-0.2, 0) is 9.59 Å². The van der Waals surface area contributed by atoms with Gasteiger partial charge >= 0.3 is 12.0 Å². The number of fused-ring (bicyclic) bond motifs is 1. The quantitative estimate of drug-likeness (QED) is 0.507. The smallest absolute Gasteiger partial charge is 0.326 e. The number of aliphatic carboxylic acids is 1. The predicted molar refractivity (Wildman–Crippen MR) is 69.9 cm³/mol. The van der Waals surface area contributed by atoms with Crippen molar-refractivity contribution in [3.8, 4) is 0 Å². The van der Waals surface area contributed by atoms with Crippen LogP contribution in [0.15, 0.2) is 0 Å². The predicted octanol–water partition coefficient (Wildman–Crippen LogP) is -1.15. The van der Waals surface area contributed by atoms with Crippen molar-refractivity contribution in [1.29, 1.82) is 0 Å². The van der Waals surface area contributed by atoms with E-state index in [4.69, 9.17) is 10.8 Å². The van der Waals surface area contributed by atoms with E-state index in [-0.39, 0.29) is 6.04 Å². The maximum absolute atomic E-state index is 11.8. The summed E-state index contributed by atoms with van der Waals surface area (Å²) in [5, 5.41) is 14.0. The number of carboxylic acids is 1. The molecule has 0 aromatic rings. The minimum Gasteiger partial charge on any atom is -0.480 e. The van der Waals surface area contributed by atoms with E-state index in [9.17, 15) is 14.4 Å². The van der Waals surface area contributed by atoms with E-state index in [1.54, 1.807) is 0 Å². The Morgan fingerprint density at radius 1 is 1.30 bits per heavy atom. The molecule has 2 saturated heterocycles. The monoisotopic (exact) mass is 284 g/mol. The number of carboxylic acid groups (broad SMARTS) is 1. The van der Waals surface area contributed by atoms with Gasteiger partial charge in [-0.15, -0.1) is 0 Å². The van der Waals surface area contributed by atoms with Gasteiger partial charge < -0.3 is 21.5 Å². The summed E-state index contributed by atoms with van der Waals surface area (Å²) in [7, 11) is 0. The fourth-order valence-electron chi connectivity index (χ4n) is 3.02. The summed E-state index contributed by atoms with van der Waals surface area (Å²) in [5.74, 6) is -2.03. The first-order chi connectivity index (χ1) is 9.47. The first-order valence-electron chi connectivity index (χ1n) is 6.79. The molecule has 2 heterocycles. The first-order valence-corrected chi connectivity index (χ1v) is 6.79. The van der Waals surface area contributed by atoms with Gasteiger partial charge in [-0.05, 0) is 25.8 Å². The van der Waals surface area contributed by atoms with Gasteiger partial charge in [0.1, 0.15) is 6.04 Å². The van der Waals surface area contributed by atoms with E-state index in [2.05, 4.69) is 15.5 Å². The number of rotatable bonds is 5. The number of nitrogens with one attached hydrogen (secondary N) is 2. The molecule has 2 fully saturated rings. The standard InChI is InChI=1S/C12H20N4O4/c13-10(17)6-8(11(18)19)15-12(20)14-7-3-5-16-4-1-2-9(7)16/h7-9H,1-6H2,(H2,13,17)(H,18,19)(H2,14,15,20)/t7?,8-,9?/m0/s1. The molecule has 8 heteroatoms. The largest absolute Gasteiger partial charge is 0.480 e. The second-order valence-corrected chi connectivity index (χ2v) is 5.32. The molecular formula is C12H20N4O4. The Bertz CT molecular complexity index is 414. The molecule has 2 aliphatic rings. The van der Waals surface area contributed by atoms with Crippen LogP contribution in [0.2, 0.25) is 0 Å². The summed E-state index contributed by atoms with van der Waals surface area (Å²) in [6.07, 6.45) is 2.63. The topological polar surface area (TPSA) is 125 Å². The molecule has 0 aliphatic carbocycles. The van der Waals surface area contributed by atoms with Crippen molar-refractivity contribution >= 4 is 17.9 Å². The van der Waals surface area contributed by atoms with Gasteiger partial charge in [-0.1, -0.05) is 0 Å². The third-order valence-electron chi connectivity index (χ3n) is 3.93. The van der Waals surface area contributed by atoms with Crippen LogP contribution in [0.5, 0.6) is 0 Å². The number of carbonyl (C=O) groups is 3. The molecule has 112 valence electrons. The Hall–Kier alpha value is -1.83. The van der Waals surface area contributed by atoms with Crippen LogP contribution in [0.25, 0.3) is 0 Å². The van der Waals surface area contributed by atoms with E-state index in [1.807, 2.05) is 0 Å². The summed E-state index contributed by atoms with van der Waals surface area (Å²) in [6.45, 7) is 2.02. The molecule has 2 unspecified atom stereocenters. The summed E-state index contributed by atoms with van der Waals surface area (Å²) < 4.78 is 0. The van der Waals surface area contributed by atoms with Gasteiger partial charge in [0.05, 0.1) is 6.42 Å². The number of hydrogen-bond donors (Lipinski definition) is 4. The van der Waals surface area contributed by atoms with Gasteiger partial charge in [-0.2, -0.15) is 0 Å². The molecule has 2 rings (SSSR count). The lowest BCUT2D eigenvalue weighted by Crippen LogP contribution is -2.52. The number of carbonyl (C=O) groups excluding carboxylic acids is 2.